The summed E-state index contributed by atoms with van der Waals surface area (Å²) in [6.45, 7) is 3.22. The highest BCUT2D eigenvalue weighted by atomic mass is 32.1. The van der Waals surface area contributed by atoms with Crippen LogP contribution in [0.1, 0.15) is 21.4 Å². The monoisotopic (exact) mass is 249 g/mol. The Labute approximate surface area is 102 Å². The Hall–Kier alpha value is -1.76. The van der Waals surface area contributed by atoms with Gasteiger partial charge in [0.1, 0.15) is 4.88 Å². The van der Waals surface area contributed by atoms with E-state index in [4.69, 9.17) is 0 Å². The Morgan fingerprint density at radius 2 is 2.35 bits per heavy atom. The zero-order valence-electron chi connectivity index (χ0n) is 9.28. The number of aromatic nitrogens is 4. The van der Waals surface area contributed by atoms with Crippen LogP contribution in [0.4, 0.5) is 0 Å². The summed E-state index contributed by atoms with van der Waals surface area (Å²) in [6, 6.07) is 2.19. The number of likely N-dealkylation sites (tertiary alicyclic amines) is 1. The van der Waals surface area contributed by atoms with Gasteiger partial charge in [-0.3, -0.25) is 9.48 Å². The Morgan fingerprint density at radius 1 is 1.53 bits per heavy atom. The minimum absolute atomic E-state index is 0.0286. The van der Waals surface area contributed by atoms with Gasteiger partial charge in [0.15, 0.2) is 0 Å². The van der Waals surface area contributed by atoms with Crippen molar-refractivity contribution in [3.63, 3.8) is 0 Å². The molecule has 6 nitrogen and oxygen atoms in total. The molecule has 17 heavy (non-hydrogen) atoms. The Bertz CT molecular complexity index is 529. The van der Waals surface area contributed by atoms with E-state index in [1.54, 1.807) is 11.1 Å². The first-order valence-corrected chi connectivity index (χ1v) is 6.10. The summed E-state index contributed by atoms with van der Waals surface area (Å²) in [4.78, 5) is 14.5. The third-order valence-electron chi connectivity index (χ3n) is 2.89. The second-order valence-electron chi connectivity index (χ2n) is 4.04. The summed E-state index contributed by atoms with van der Waals surface area (Å²) in [5.74, 6) is 0.0286. The molecule has 0 saturated carbocycles. The molecule has 2 aromatic heterocycles. The highest BCUT2D eigenvalue weighted by Gasteiger charge is 2.34. The van der Waals surface area contributed by atoms with Gasteiger partial charge in [0.2, 0.25) is 0 Å². The molecule has 1 amide bonds. The van der Waals surface area contributed by atoms with Gasteiger partial charge < -0.3 is 4.90 Å². The predicted molar refractivity (Wildman–Crippen MR) is 61.8 cm³/mol. The van der Waals surface area contributed by atoms with E-state index in [-0.39, 0.29) is 5.91 Å². The topological polar surface area (TPSA) is 63.9 Å². The summed E-state index contributed by atoms with van der Waals surface area (Å²) in [6.07, 6.45) is 3.67. The lowest BCUT2D eigenvalue weighted by atomic mass is 10.1. The lowest BCUT2D eigenvalue weighted by Crippen LogP contribution is -2.50. The van der Waals surface area contributed by atoms with E-state index in [9.17, 15) is 4.79 Å². The first-order chi connectivity index (χ1) is 8.25. The van der Waals surface area contributed by atoms with Gasteiger partial charge in [-0.25, -0.2) is 0 Å². The average molecular weight is 249 g/mol. The lowest BCUT2D eigenvalue weighted by molar-refractivity contribution is 0.0505. The van der Waals surface area contributed by atoms with Crippen LogP contribution in [0.2, 0.25) is 0 Å². The molecule has 1 aliphatic heterocycles. The van der Waals surface area contributed by atoms with Crippen molar-refractivity contribution in [2.75, 3.05) is 13.1 Å². The number of hydrogen-bond acceptors (Lipinski definition) is 5. The van der Waals surface area contributed by atoms with Crippen LogP contribution < -0.4 is 0 Å². The number of nitrogens with zero attached hydrogens (tertiary/aromatic N) is 5. The second kappa shape index (κ2) is 3.92. The fraction of sp³-hybridized carbons (Fsp3) is 0.400. The van der Waals surface area contributed by atoms with E-state index in [2.05, 4.69) is 14.7 Å². The number of amides is 1. The van der Waals surface area contributed by atoms with Crippen molar-refractivity contribution in [2.24, 2.45) is 0 Å². The summed E-state index contributed by atoms with van der Waals surface area (Å²) >= 11 is 1.16. The van der Waals surface area contributed by atoms with Gasteiger partial charge >= 0.3 is 0 Å². The van der Waals surface area contributed by atoms with Crippen LogP contribution in [0.25, 0.3) is 0 Å². The summed E-state index contributed by atoms with van der Waals surface area (Å²) < 4.78 is 5.67. The maximum absolute atomic E-state index is 12.1. The number of carbonyl (C=O) groups is 1. The molecule has 0 spiro atoms. The SMILES string of the molecule is Cc1nnsc1C(=O)N1CC(n2cccn2)C1. The molecule has 3 rings (SSSR count). The van der Waals surface area contributed by atoms with Gasteiger partial charge in [-0.15, -0.1) is 5.10 Å². The van der Waals surface area contributed by atoms with E-state index >= 15 is 0 Å². The van der Waals surface area contributed by atoms with E-state index < -0.39 is 0 Å². The zero-order valence-corrected chi connectivity index (χ0v) is 10.1. The minimum atomic E-state index is 0.0286. The number of hydrogen-bond donors (Lipinski definition) is 0. The van der Waals surface area contributed by atoms with Crippen molar-refractivity contribution in [1.82, 2.24) is 24.3 Å². The molecule has 1 aliphatic rings. The molecule has 0 N–H and O–H groups in total. The summed E-state index contributed by atoms with van der Waals surface area (Å²) in [5, 5.41) is 8.02. The highest BCUT2D eigenvalue weighted by Crippen LogP contribution is 2.24. The van der Waals surface area contributed by atoms with Crippen LogP contribution in [-0.2, 0) is 0 Å². The lowest BCUT2D eigenvalue weighted by Gasteiger charge is -2.38. The molecule has 2 aromatic rings. The van der Waals surface area contributed by atoms with Crippen LogP contribution in [0, 0.1) is 6.92 Å². The van der Waals surface area contributed by atoms with Gasteiger partial charge in [0.05, 0.1) is 11.7 Å². The maximum Gasteiger partial charge on any atom is 0.267 e. The number of aryl methyl sites for hydroxylation is 1. The Morgan fingerprint density at radius 3 is 2.94 bits per heavy atom. The van der Waals surface area contributed by atoms with Gasteiger partial charge in [-0.2, -0.15) is 5.10 Å². The summed E-state index contributed by atoms with van der Waals surface area (Å²) in [5.41, 5.74) is 0.711. The Balaban J connectivity index is 1.66. The third-order valence-corrected chi connectivity index (χ3v) is 3.71. The first-order valence-electron chi connectivity index (χ1n) is 5.33. The molecule has 1 fully saturated rings. The molecule has 3 heterocycles. The van der Waals surface area contributed by atoms with Crippen molar-refractivity contribution in [3.8, 4) is 0 Å². The molecule has 0 atom stereocenters. The van der Waals surface area contributed by atoms with Crippen LogP contribution in [-0.4, -0.2) is 43.3 Å². The van der Waals surface area contributed by atoms with Gasteiger partial charge in [-0.1, -0.05) is 4.49 Å². The standard InChI is InChI=1S/C10H11N5OS/c1-7-9(17-13-12-7)10(16)14-5-8(6-14)15-4-2-3-11-15/h2-4,8H,5-6H2,1H3. The van der Waals surface area contributed by atoms with Gasteiger partial charge in [-0.05, 0) is 24.5 Å². The molecule has 1 saturated heterocycles. The molecule has 0 bridgehead atoms. The van der Waals surface area contributed by atoms with Gasteiger partial charge in [0, 0.05) is 25.5 Å². The molecule has 0 unspecified atom stereocenters. The quantitative estimate of drug-likeness (QED) is 0.787. The largest absolute Gasteiger partial charge is 0.333 e. The third kappa shape index (κ3) is 1.72. The number of carbonyl (C=O) groups excluding carboxylic acids is 1. The highest BCUT2D eigenvalue weighted by molar-refractivity contribution is 7.07. The Kier molecular flexibility index (Phi) is 2.40. The normalized spacial score (nSPS) is 15.9. The van der Waals surface area contributed by atoms with Crippen molar-refractivity contribution >= 4 is 17.4 Å². The van der Waals surface area contributed by atoms with Crippen LogP contribution in [0.15, 0.2) is 18.5 Å². The second-order valence-corrected chi connectivity index (χ2v) is 4.79. The summed E-state index contributed by atoms with van der Waals surface area (Å²) in [7, 11) is 0. The van der Waals surface area contributed by atoms with E-state index in [0.29, 0.717) is 29.7 Å². The smallest absolute Gasteiger partial charge is 0.267 e. The average Bonchev–Trinajstić information content (AvgIpc) is 2.86. The van der Waals surface area contributed by atoms with E-state index in [1.165, 1.54) is 0 Å². The van der Waals surface area contributed by atoms with Crippen molar-refractivity contribution in [3.05, 3.63) is 29.0 Å². The van der Waals surface area contributed by atoms with Crippen LogP contribution >= 0.6 is 11.5 Å². The van der Waals surface area contributed by atoms with Crippen LogP contribution in [0.3, 0.4) is 0 Å². The molecule has 7 heteroatoms. The molecule has 0 aliphatic carbocycles. The first kappa shape index (κ1) is 10.4. The maximum atomic E-state index is 12.1. The molecular weight excluding hydrogens is 238 g/mol. The van der Waals surface area contributed by atoms with Crippen molar-refractivity contribution < 1.29 is 4.79 Å². The van der Waals surface area contributed by atoms with Crippen LogP contribution in [0.5, 0.6) is 0 Å². The molecule has 88 valence electrons. The fourth-order valence-corrected chi connectivity index (χ4v) is 2.48. The predicted octanol–water partition coefficient (Wildman–Crippen LogP) is 0.740. The zero-order chi connectivity index (χ0) is 11.8. The van der Waals surface area contributed by atoms with E-state index in [0.717, 1.165) is 11.5 Å². The molecular formula is C10H11N5OS. The minimum Gasteiger partial charge on any atom is -0.333 e. The fourth-order valence-electron chi connectivity index (χ4n) is 1.86. The molecule has 0 radical (unpaired) electrons. The molecule has 0 aromatic carbocycles. The van der Waals surface area contributed by atoms with Crippen molar-refractivity contribution in [1.29, 1.82) is 0 Å². The number of rotatable bonds is 2. The van der Waals surface area contributed by atoms with Crippen molar-refractivity contribution in [2.45, 2.75) is 13.0 Å². The van der Waals surface area contributed by atoms with E-state index in [1.807, 2.05) is 23.9 Å². The van der Waals surface area contributed by atoms with Gasteiger partial charge in [0.25, 0.3) is 5.91 Å².